The van der Waals surface area contributed by atoms with Gasteiger partial charge in [-0.25, -0.2) is 4.79 Å². The van der Waals surface area contributed by atoms with E-state index in [4.69, 9.17) is 10.5 Å². The Labute approximate surface area is 221 Å². The number of nitrogens with zero attached hydrogens (tertiary/aromatic N) is 3. The van der Waals surface area contributed by atoms with E-state index in [0.29, 0.717) is 10.8 Å². The lowest BCUT2D eigenvalue weighted by Crippen LogP contribution is -2.68. The Morgan fingerprint density at radius 2 is 1.80 bits per heavy atom. The van der Waals surface area contributed by atoms with Gasteiger partial charge in [0.1, 0.15) is 22.1 Å². The molecule has 2 atom stereocenters. The standard InChI is InChI=1S/C23H21N5O3S3.ClH/c24-18-21(29)28-19(16(12-32-22(18)28)33-13-34-17-11-25-27-26-17)23(30)31-20(14-7-3-1-4-8-14)15-9-5-2-6-10-15;/h1-11,18,20,22H,12-13,24H2,(H,25,26,27);1H/t18-,22-;/m1./s1. The Morgan fingerprint density at radius 1 is 1.14 bits per heavy atom. The topological polar surface area (TPSA) is 114 Å². The molecule has 182 valence electrons. The van der Waals surface area contributed by atoms with Crippen LogP contribution in [0.5, 0.6) is 0 Å². The van der Waals surface area contributed by atoms with Crippen LogP contribution in [0.2, 0.25) is 0 Å². The maximum Gasteiger partial charge on any atom is 0.356 e. The highest BCUT2D eigenvalue weighted by molar-refractivity contribution is 8.18. The molecule has 0 unspecified atom stereocenters. The summed E-state index contributed by atoms with van der Waals surface area (Å²) in [5.74, 6) is -0.211. The number of H-pyrrole nitrogens is 1. The van der Waals surface area contributed by atoms with Crippen molar-refractivity contribution in [2.45, 2.75) is 22.5 Å². The van der Waals surface area contributed by atoms with Gasteiger partial charge in [0.25, 0.3) is 0 Å². The van der Waals surface area contributed by atoms with E-state index in [1.54, 1.807) is 18.0 Å². The van der Waals surface area contributed by atoms with Gasteiger partial charge in [0.2, 0.25) is 5.91 Å². The summed E-state index contributed by atoms with van der Waals surface area (Å²) in [6.45, 7) is 0. The fraction of sp³-hybridized carbons (Fsp3) is 0.217. The lowest BCUT2D eigenvalue weighted by Gasteiger charge is -2.48. The summed E-state index contributed by atoms with van der Waals surface area (Å²) in [7, 11) is 0. The average Bonchev–Trinajstić information content (AvgIpc) is 3.41. The molecule has 0 saturated carbocycles. The van der Waals surface area contributed by atoms with Crippen LogP contribution in [0.1, 0.15) is 17.2 Å². The monoisotopic (exact) mass is 547 g/mol. The minimum absolute atomic E-state index is 0. The molecule has 1 aromatic heterocycles. The van der Waals surface area contributed by atoms with Gasteiger partial charge in [0.05, 0.1) is 11.3 Å². The molecule has 0 bridgehead atoms. The number of carbonyl (C=O) groups is 2. The van der Waals surface area contributed by atoms with Gasteiger partial charge in [-0.2, -0.15) is 0 Å². The van der Waals surface area contributed by atoms with Crippen LogP contribution in [0.15, 0.2) is 82.5 Å². The van der Waals surface area contributed by atoms with Crippen molar-refractivity contribution in [1.29, 1.82) is 0 Å². The van der Waals surface area contributed by atoms with Crippen molar-refractivity contribution in [2.75, 3.05) is 10.8 Å². The van der Waals surface area contributed by atoms with Crippen molar-refractivity contribution in [3.8, 4) is 0 Å². The van der Waals surface area contributed by atoms with Gasteiger partial charge in [-0.3, -0.25) is 14.8 Å². The number of hydrogen-bond acceptors (Lipinski definition) is 9. The number of aromatic amines is 1. The quantitative estimate of drug-likeness (QED) is 0.188. The molecule has 0 radical (unpaired) electrons. The van der Waals surface area contributed by atoms with Crippen LogP contribution in [-0.2, 0) is 14.3 Å². The number of halogens is 1. The number of carbonyl (C=O) groups excluding carboxylic acids is 2. The number of rotatable bonds is 8. The molecular weight excluding hydrogens is 526 g/mol. The predicted octanol–water partition coefficient (Wildman–Crippen LogP) is 3.80. The molecule has 5 rings (SSSR count). The van der Waals surface area contributed by atoms with Crippen LogP contribution < -0.4 is 5.73 Å². The third-order valence-electron chi connectivity index (χ3n) is 5.43. The van der Waals surface area contributed by atoms with E-state index in [9.17, 15) is 9.59 Å². The second-order valence-electron chi connectivity index (χ2n) is 7.53. The molecule has 0 aliphatic carbocycles. The van der Waals surface area contributed by atoms with Crippen LogP contribution in [0.4, 0.5) is 0 Å². The highest BCUT2D eigenvalue weighted by Gasteiger charge is 2.52. The van der Waals surface area contributed by atoms with Crippen molar-refractivity contribution in [3.05, 3.63) is 88.6 Å². The first kappa shape index (κ1) is 25.6. The Balaban J connectivity index is 0.00000289. The number of ether oxygens (including phenoxy) is 1. The van der Waals surface area contributed by atoms with E-state index in [-0.39, 0.29) is 29.4 Å². The van der Waals surface area contributed by atoms with Crippen molar-refractivity contribution < 1.29 is 14.3 Å². The minimum atomic E-state index is -0.608. The second kappa shape index (κ2) is 11.5. The zero-order valence-electron chi connectivity index (χ0n) is 18.3. The molecule has 2 aliphatic heterocycles. The van der Waals surface area contributed by atoms with Crippen molar-refractivity contribution in [1.82, 2.24) is 20.3 Å². The summed E-state index contributed by atoms with van der Waals surface area (Å²) >= 11 is 4.56. The van der Waals surface area contributed by atoms with Crippen LogP contribution in [0.3, 0.4) is 0 Å². The lowest BCUT2D eigenvalue weighted by atomic mass is 10.0. The number of nitrogens with two attached hydrogens (primary N) is 1. The molecule has 1 amide bonds. The van der Waals surface area contributed by atoms with Gasteiger partial charge in [-0.05, 0) is 11.1 Å². The molecule has 1 fully saturated rings. The van der Waals surface area contributed by atoms with E-state index in [2.05, 4.69) is 15.4 Å². The lowest BCUT2D eigenvalue weighted by molar-refractivity contribution is -0.152. The van der Waals surface area contributed by atoms with Gasteiger partial charge in [-0.1, -0.05) is 77.6 Å². The zero-order chi connectivity index (χ0) is 23.5. The zero-order valence-corrected chi connectivity index (χ0v) is 21.5. The van der Waals surface area contributed by atoms with E-state index < -0.39 is 18.1 Å². The Morgan fingerprint density at radius 3 is 2.40 bits per heavy atom. The van der Waals surface area contributed by atoms with E-state index in [0.717, 1.165) is 21.1 Å². The molecular formula is C23H22ClN5O3S3. The maximum absolute atomic E-state index is 13.6. The first-order chi connectivity index (χ1) is 16.6. The molecule has 3 N–H and O–H groups in total. The summed E-state index contributed by atoms with van der Waals surface area (Å²) < 4.78 is 6.09. The van der Waals surface area contributed by atoms with Gasteiger partial charge >= 0.3 is 5.97 Å². The molecule has 35 heavy (non-hydrogen) atoms. The molecule has 3 aromatic rings. The van der Waals surface area contributed by atoms with Gasteiger partial charge < -0.3 is 10.5 Å². The number of β-lactam (4-membered cyclic amide) rings is 1. The number of benzene rings is 2. The van der Waals surface area contributed by atoms with Crippen LogP contribution in [-0.4, -0.2) is 54.4 Å². The second-order valence-corrected chi connectivity index (χ2v) is 11.1. The van der Waals surface area contributed by atoms with Gasteiger partial charge in [0, 0.05) is 10.7 Å². The number of fused-ring (bicyclic) bond motifs is 1. The molecule has 1 saturated heterocycles. The Bertz CT molecular complexity index is 1160. The normalized spacial score (nSPS) is 19.1. The number of esters is 1. The third-order valence-corrected chi connectivity index (χ3v) is 9.04. The summed E-state index contributed by atoms with van der Waals surface area (Å²) in [5, 5.41) is 11.5. The Kier molecular flexibility index (Phi) is 8.45. The maximum atomic E-state index is 13.6. The summed E-state index contributed by atoms with van der Waals surface area (Å²) in [5.41, 5.74) is 8.01. The number of aromatic nitrogens is 3. The highest BCUT2D eigenvalue weighted by atomic mass is 35.5. The van der Waals surface area contributed by atoms with Crippen LogP contribution in [0.25, 0.3) is 0 Å². The molecule has 0 spiro atoms. The van der Waals surface area contributed by atoms with Crippen molar-refractivity contribution in [2.24, 2.45) is 5.73 Å². The first-order valence-electron chi connectivity index (χ1n) is 10.5. The van der Waals surface area contributed by atoms with Crippen molar-refractivity contribution in [3.63, 3.8) is 0 Å². The smallest absolute Gasteiger partial charge is 0.356 e. The average molecular weight is 548 g/mol. The number of nitrogens with one attached hydrogen (secondary N) is 1. The predicted molar refractivity (Wildman–Crippen MR) is 141 cm³/mol. The number of hydrogen-bond donors (Lipinski definition) is 2. The van der Waals surface area contributed by atoms with E-state index in [1.807, 2.05) is 60.7 Å². The third kappa shape index (κ3) is 5.39. The van der Waals surface area contributed by atoms with Crippen LogP contribution >= 0.6 is 47.7 Å². The molecule has 12 heteroatoms. The van der Waals surface area contributed by atoms with Gasteiger partial charge in [0.15, 0.2) is 6.10 Å². The molecule has 2 aliphatic rings. The molecule has 3 heterocycles. The Hall–Kier alpha value is -2.44. The molecule has 2 aromatic carbocycles. The van der Waals surface area contributed by atoms with Gasteiger partial charge in [-0.15, -0.1) is 41.0 Å². The minimum Gasteiger partial charge on any atom is -0.448 e. The number of amides is 1. The van der Waals surface area contributed by atoms with E-state index >= 15 is 0 Å². The first-order valence-corrected chi connectivity index (χ1v) is 13.5. The SMILES string of the molecule is Cl.N[C@@H]1C(=O)N2C(C(=O)OC(c3ccccc3)c3ccccc3)=C(SCSc3c[nH]nn3)CS[C@H]12. The molecule has 8 nitrogen and oxygen atoms in total. The summed E-state index contributed by atoms with van der Waals surface area (Å²) in [4.78, 5) is 28.6. The summed E-state index contributed by atoms with van der Waals surface area (Å²) in [6.07, 6.45) is 1.11. The summed E-state index contributed by atoms with van der Waals surface area (Å²) in [6, 6.07) is 18.6. The fourth-order valence-corrected chi connectivity index (χ4v) is 7.28. The fourth-order valence-electron chi connectivity index (χ4n) is 3.76. The van der Waals surface area contributed by atoms with Crippen molar-refractivity contribution >= 4 is 59.6 Å². The van der Waals surface area contributed by atoms with E-state index in [1.165, 1.54) is 28.4 Å². The highest BCUT2D eigenvalue weighted by Crippen LogP contribution is 2.44. The largest absolute Gasteiger partial charge is 0.448 e. The van der Waals surface area contributed by atoms with Crippen LogP contribution in [0, 0.1) is 0 Å². The number of thioether (sulfide) groups is 3.